The number of hydrogen-bond acceptors (Lipinski definition) is 2. The van der Waals surface area contributed by atoms with Crippen LogP contribution in [-0.2, 0) is 11.0 Å². The van der Waals surface area contributed by atoms with E-state index in [0.29, 0.717) is 18.7 Å². The normalized spacial score (nSPS) is 18.4. The maximum Gasteiger partial charge on any atom is 0.416 e. The fourth-order valence-corrected chi connectivity index (χ4v) is 2.66. The molecule has 1 unspecified atom stereocenters. The monoisotopic (exact) mass is 327 g/mol. The number of amides is 1. The van der Waals surface area contributed by atoms with E-state index < -0.39 is 11.7 Å². The number of hydrogen-bond donors (Lipinski definition) is 1. The van der Waals surface area contributed by atoms with Gasteiger partial charge in [0, 0.05) is 19.2 Å². The van der Waals surface area contributed by atoms with Gasteiger partial charge >= 0.3 is 6.18 Å². The molecule has 2 rings (SSSR count). The van der Waals surface area contributed by atoms with Crippen LogP contribution in [0.2, 0.25) is 0 Å². The molecule has 1 fully saturated rings. The van der Waals surface area contributed by atoms with E-state index in [0.717, 1.165) is 25.0 Å². The molecule has 1 aromatic rings. The van der Waals surface area contributed by atoms with Crippen LogP contribution in [0.15, 0.2) is 30.3 Å². The third kappa shape index (κ3) is 4.82. The summed E-state index contributed by atoms with van der Waals surface area (Å²) in [4.78, 5) is 13.8. The lowest BCUT2D eigenvalue weighted by Gasteiger charge is -2.32. The van der Waals surface area contributed by atoms with Gasteiger partial charge in [0.25, 0.3) is 0 Å². The maximum atomic E-state index is 12.5. The minimum absolute atomic E-state index is 0.158. The van der Waals surface area contributed by atoms with Gasteiger partial charge in [0.05, 0.1) is 11.7 Å². The molecule has 1 heterocycles. The smallest absolute Gasteiger partial charge is 0.393 e. The lowest BCUT2D eigenvalue weighted by molar-refractivity contribution is -0.137. The molecule has 1 N–H and O–H groups in total. The zero-order valence-corrected chi connectivity index (χ0v) is 12.9. The van der Waals surface area contributed by atoms with Crippen molar-refractivity contribution >= 4 is 12.0 Å². The summed E-state index contributed by atoms with van der Waals surface area (Å²) in [5.41, 5.74) is -0.161. The van der Waals surface area contributed by atoms with E-state index in [1.54, 1.807) is 11.8 Å². The standard InChI is InChI=1S/C17H20F3NO2/c1-12(22)14-8-10-21(11-9-14)16(23)7-4-13-2-5-15(6-3-13)17(18,19)20/h2-7,12,14,22H,8-11H2,1H3. The van der Waals surface area contributed by atoms with Crippen LogP contribution in [-0.4, -0.2) is 35.1 Å². The largest absolute Gasteiger partial charge is 0.416 e. The molecule has 1 amide bonds. The third-order valence-electron chi connectivity index (χ3n) is 4.19. The fourth-order valence-electron chi connectivity index (χ4n) is 2.66. The van der Waals surface area contributed by atoms with Crippen LogP contribution in [0.4, 0.5) is 13.2 Å². The first-order valence-electron chi connectivity index (χ1n) is 7.59. The highest BCUT2D eigenvalue weighted by atomic mass is 19.4. The number of aliphatic hydroxyl groups excluding tert-OH is 1. The van der Waals surface area contributed by atoms with Gasteiger partial charge in [-0.2, -0.15) is 13.2 Å². The summed E-state index contributed by atoms with van der Waals surface area (Å²) < 4.78 is 37.4. The number of likely N-dealkylation sites (tertiary alicyclic amines) is 1. The predicted molar refractivity (Wildman–Crippen MR) is 81.5 cm³/mol. The molecule has 3 nitrogen and oxygen atoms in total. The minimum Gasteiger partial charge on any atom is -0.393 e. The highest BCUT2D eigenvalue weighted by molar-refractivity contribution is 5.91. The second kappa shape index (κ2) is 7.17. The molecule has 0 spiro atoms. The molecule has 0 saturated carbocycles. The molecule has 1 saturated heterocycles. The van der Waals surface area contributed by atoms with Crippen molar-refractivity contribution in [1.82, 2.24) is 4.90 Å². The number of halogens is 3. The van der Waals surface area contributed by atoms with Gasteiger partial charge in [0.2, 0.25) is 5.91 Å². The number of rotatable bonds is 3. The molecule has 126 valence electrons. The summed E-state index contributed by atoms with van der Waals surface area (Å²) in [6, 6.07) is 4.68. The number of carbonyl (C=O) groups excluding carboxylic acids is 1. The first-order chi connectivity index (χ1) is 10.8. The van der Waals surface area contributed by atoms with Crippen molar-refractivity contribution in [3.63, 3.8) is 0 Å². The number of alkyl halides is 3. The summed E-state index contributed by atoms with van der Waals surface area (Å²) in [6.45, 7) is 2.93. The van der Waals surface area contributed by atoms with Gasteiger partial charge in [-0.25, -0.2) is 0 Å². The fraction of sp³-hybridized carbons (Fsp3) is 0.471. The Bertz CT molecular complexity index is 556. The number of aliphatic hydroxyl groups is 1. The van der Waals surface area contributed by atoms with E-state index in [4.69, 9.17) is 0 Å². The number of nitrogens with zero attached hydrogens (tertiary/aromatic N) is 1. The average Bonchev–Trinajstić information content (AvgIpc) is 2.52. The predicted octanol–water partition coefficient (Wildman–Crippen LogP) is 3.34. The van der Waals surface area contributed by atoms with E-state index in [-0.39, 0.29) is 17.9 Å². The summed E-state index contributed by atoms with van der Waals surface area (Å²) in [6.07, 6.45) is -0.300. The SMILES string of the molecule is CC(O)C1CCN(C(=O)C=Cc2ccc(C(F)(F)F)cc2)CC1. The van der Waals surface area contributed by atoms with Gasteiger partial charge in [-0.3, -0.25) is 4.79 Å². The summed E-state index contributed by atoms with van der Waals surface area (Å²) in [5, 5.41) is 9.54. The third-order valence-corrected chi connectivity index (χ3v) is 4.19. The van der Waals surface area contributed by atoms with Crippen LogP contribution in [0.5, 0.6) is 0 Å². The van der Waals surface area contributed by atoms with Gasteiger partial charge in [-0.1, -0.05) is 12.1 Å². The Hall–Kier alpha value is -1.82. The van der Waals surface area contributed by atoms with E-state index in [9.17, 15) is 23.1 Å². The summed E-state index contributed by atoms with van der Waals surface area (Å²) in [5.74, 6) is 0.0619. The zero-order valence-electron chi connectivity index (χ0n) is 12.9. The second-order valence-corrected chi connectivity index (χ2v) is 5.86. The van der Waals surface area contributed by atoms with Gasteiger partial charge in [0.1, 0.15) is 0 Å². The van der Waals surface area contributed by atoms with E-state index in [2.05, 4.69) is 0 Å². The average molecular weight is 327 g/mol. The highest BCUT2D eigenvalue weighted by Gasteiger charge is 2.29. The summed E-state index contributed by atoms with van der Waals surface area (Å²) >= 11 is 0. The first-order valence-corrected chi connectivity index (χ1v) is 7.59. The van der Waals surface area contributed by atoms with Crippen LogP contribution < -0.4 is 0 Å². The molecule has 0 radical (unpaired) electrons. The topological polar surface area (TPSA) is 40.5 Å². The van der Waals surface area contributed by atoms with E-state index in [1.165, 1.54) is 24.3 Å². The number of piperidine rings is 1. The van der Waals surface area contributed by atoms with Crippen molar-refractivity contribution in [2.24, 2.45) is 5.92 Å². The van der Waals surface area contributed by atoms with Gasteiger partial charge in [-0.15, -0.1) is 0 Å². The number of benzene rings is 1. The molecule has 0 bridgehead atoms. The van der Waals surface area contributed by atoms with E-state index in [1.807, 2.05) is 0 Å². The van der Waals surface area contributed by atoms with Crippen LogP contribution in [0.25, 0.3) is 6.08 Å². The molecule has 1 aliphatic heterocycles. The van der Waals surface area contributed by atoms with Crippen molar-refractivity contribution in [3.05, 3.63) is 41.5 Å². The molecule has 1 aliphatic rings. The molecular formula is C17H20F3NO2. The van der Waals surface area contributed by atoms with Crippen LogP contribution >= 0.6 is 0 Å². The second-order valence-electron chi connectivity index (χ2n) is 5.86. The lowest BCUT2D eigenvalue weighted by Crippen LogP contribution is -2.39. The van der Waals surface area contributed by atoms with Crippen molar-refractivity contribution in [1.29, 1.82) is 0 Å². The molecule has 0 aromatic heterocycles. The molecule has 1 atom stereocenters. The summed E-state index contributed by atoms with van der Waals surface area (Å²) in [7, 11) is 0. The Morgan fingerprint density at radius 2 is 1.83 bits per heavy atom. The zero-order chi connectivity index (χ0) is 17.0. The molecule has 23 heavy (non-hydrogen) atoms. The van der Waals surface area contributed by atoms with Crippen LogP contribution in [0.3, 0.4) is 0 Å². The Balaban J connectivity index is 1.91. The Morgan fingerprint density at radius 3 is 2.30 bits per heavy atom. The first kappa shape index (κ1) is 17.5. The molecule has 0 aliphatic carbocycles. The van der Waals surface area contributed by atoms with Crippen molar-refractivity contribution in [2.75, 3.05) is 13.1 Å². The van der Waals surface area contributed by atoms with Gasteiger partial charge in [-0.05, 0) is 49.5 Å². The van der Waals surface area contributed by atoms with E-state index >= 15 is 0 Å². The van der Waals surface area contributed by atoms with Crippen LogP contribution in [0, 0.1) is 5.92 Å². The maximum absolute atomic E-state index is 12.5. The van der Waals surface area contributed by atoms with Crippen LogP contribution in [0.1, 0.15) is 30.9 Å². The van der Waals surface area contributed by atoms with Gasteiger partial charge < -0.3 is 10.0 Å². The molecular weight excluding hydrogens is 307 g/mol. The van der Waals surface area contributed by atoms with Crippen molar-refractivity contribution in [3.8, 4) is 0 Å². The molecule has 1 aromatic carbocycles. The Morgan fingerprint density at radius 1 is 1.26 bits per heavy atom. The van der Waals surface area contributed by atoms with Crippen molar-refractivity contribution < 1.29 is 23.1 Å². The van der Waals surface area contributed by atoms with Crippen molar-refractivity contribution in [2.45, 2.75) is 32.0 Å². The van der Waals surface area contributed by atoms with Gasteiger partial charge in [0.15, 0.2) is 0 Å². The number of carbonyl (C=O) groups is 1. The minimum atomic E-state index is -4.35. The quantitative estimate of drug-likeness (QED) is 0.865. The Labute approximate surface area is 133 Å². The Kier molecular flexibility index (Phi) is 5.46. The molecule has 6 heteroatoms. The highest BCUT2D eigenvalue weighted by Crippen LogP contribution is 2.29. The lowest BCUT2D eigenvalue weighted by atomic mass is 9.92.